The average molecular weight is 1350 g/mol. The van der Waals surface area contributed by atoms with Gasteiger partial charge in [0.25, 0.3) is 11.9 Å². The molecular formula is C56H82N16O19S2. The van der Waals surface area contributed by atoms with Crippen LogP contribution in [0.25, 0.3) is 0 Å². The third-order valence-corrected chi connectivity index (χ3v) is 15.4. The van der Waals surface area contributed by atoms with Gasteiger partial charge >= 0.3 is 0 Å². The molecule has 2 aromatic rings. The van der Waals surface area contributed by atoms with Gasteiger partial charge in [-0.15, -0.1) is 0 Å². The predicted molar refractivity (Wildman–Crippen MR) is 334 cm³/mol. The number of phenolic OH excluding ortho intramolecular Hbond substituents is 1. The van der Waals surface area contributed by atoms with Crippen LogP contribution in [0.2, 0.25) is 0 Å². The van der Waals surface area contributed by atoms with E-state index in [2.05, 4.69) is 53.2 Å². The molecule has 2 aromatic carbocycles. The third-order valence-electron chi connectivity index (χ3n) is 13.0. The van der Waals surface area contributed by atoms with Gasteiger partial charge in [-0.05, 0) is 68.3 Å². The van der Waals surface area contributed by atoms with Crippen molar-refractivity contribution in [2.75, 3.05) is 50.8 Å². The second kappa shape index (κ2) is 42.4. The van der Waals surface area contributed by atoms with Crippen molar-refractivity contribution in [1.82, 2.24) is 58.1 Å². The van der Waals surface area contributed by atoms with E-state index in [4.69, 9.17) is 48.5 Å². The van der Waals surface area contributed by atoms with E-state index in [1.165, 1.54) is 24.3 Å². The van der Waals surface area contributed by atoms with Crippen molar-refractivity contribution in [3.05, 3.63) is 65.7 Å². The molecule has 14 amide bonds. The molecule has 0 spiro atoms. The first-order valence-corrected chi connectivity index (χ1v) is 31.4. The van der Waals surface area contributed by atoms with E-state index in [0.717, 1.165) is 40.3 Å². The van der Waals surface area contributed by atoms with Gasteiger partial charge in [0.2, 0.25) is 82.7 Å². The van der Waals surface area contributed by atoms with E-state index < -0.39 is 194 Å². The molecule has 0 bridgehead atoms. The van der Waals surface area contributed by atoms with Crippen LogP contribution in [-0.2, 0) is 89.6 Å². The lowest BCUT2D eigenvalue weighted by Crippen LogP contribution is -2.61. The summed E-state index contributed by atoms with van der Waals surface area (Å²) in [5.74, 6) is -15.5. The zero-order valence-corrected chi connectivity index (χ0v) is 52.7. The van der Waals surface area contributed by atoms with E-state index in [1.807, 2.05) is 0 Å². The zero-order chi connectivity index (χ0) is 69.7. The second-order valence-electron chi connectivity index (χ2n) is 20.7. The highest BCUT2D eigenvalue weighted by Gasteiger charge is 2.41. The fourth-order valence-electron chi connectivity index (χ4n) is 8.62. The van der Waals surface area contributed by atoms with Crippen molar-refractivity contribution in [3.8, 4) is 5.75 Å². The first-order chi connectivity index (χ1) is 43.9. The Morgan fingerprint density at radius 1 is 0.613 bits per heavy atom. The number of phenols is 1. The minimum absolute atomic E-state index is 0.0517. The van der Waals surface area contributed by atoms with Crippen LogP contribution in [0.5, 0.6) is 5.75 Å². The van der Waals surface area contributed by atoms with Crippen molar-refractivity contribution < 1.29 is 92.0 Å². The smallest absolute Gasteiger partial charge is 0.300 e. The van der Waals surface area contributed by atoms with Crippen LogP contribution in [0.1, 0.15) is 76.3 Å². The first kappa shape index (κ1) is 79.5. The Morgan fingerprint density at radius 3 is 1.71 bits per heavy atom. The van der Waals surface area contributed by atoms with Gasteiger partial charge in [-0.1, -0.05) is 64.1 Å². The maximum Gasteiger partial charge on any atom is 0.300 e. The molecule has 0 aliphatic carbocycles. The Hall–Kier alpha value is -9.62. The Balaban J connectivity index is 0.00000347. The number of hydrogen-bond donors (Lipinski definition) is 18. The van der Waals surface area contributed by atoms with Gasteiger partial charge in [0.05, 0.1) is 32.6 Å². The minimum Gasteiger partial charge on any atom is -0.508 e. The van der Waals surface area contributed by atoms with Crippen LogP contribution >= 0.6 is 21.6 Å². The summed E-state index contributed by atoms with van der Waals surface area (Å²) in [4.78, 5) is 208. The molecule has 0 radical (unpaired) electrons. The van der Waals surface area contributed by atoms with Crippen molar-refractivity contribution in [2.24, 2.45) is 28.7 Å². The number of amides is 14. The molecule has 0 unspecified atom stereocenters. The fraction of sp³-hybridized carbons (Fsp3) is 0.500. The number of nitrogens with zero attached hydrogens (tertiary/aromatic N) is 1. The van der Waals surface area contributed by atoms with E-state index in [9.17, 15) is 72.2 Å². The number of nitrogens with two attached hydrogens (primary N) is 5. The maximum atomic E-state index is 14.8. The number of carboxylic acid groups (broad SMARTS) is 2. The van der Waals surface area contributed by atoms with Crippen LogP contribution in [-0.4, -0.2) is 214 Å². The Bertz CT molecular complexity index is 2930. The van der Waals surface area contributed by atoms with E-state index in [1.54, 1.807) is 30.3 Å². The van der Waals surface area contributed by atoms with Gasteiger partial charge in [-0.3, -0.25) is 76.7 Å². The molecule has 2 saturated heterocycles. The summed E-state index contributed by atoms with van der Waals surface area (Å²) >= 11 is 0. The quantitative estimate of drug-likeness (QED) is 0.0324. The summed E-state index contributed by atoms with van der Waals surface area (Å²) in [6.45, 7) is 0.156. The van der Waals surface area contributed by atoms with Gasteiger partial charge in [0.1, 0.15) is 54.1 Å². The minimum atomic E-state index is -1.87. The van der Waals surface area contributed by atoms with Crippen molar-refractivity contribution in [1.29, 1.82) is 0 Å². The summed E-state index contributed by atoms with van der Waals surface area (Å²) in [5, 5.41) is 49.6. The number of carboxylic acids is 2. The van der Waals surface area contributed by atoms with Crippen LogP contribution in [0.15, 0.2) is 54.6 Å². The van der Waals surface area contributed by atoms with Crippen LogP contribution < -0.4 is 81.8 Å². The summed E-state index contributed by atoms with van der Waals surface area (Å²) < 4.78 is 0. The van der Waals surface area contributed by atoms with Gasteiger partial charge < -0.3 is 102 Å². The fourth-order valence-corrected chi connectivity index (χ4v) is 10.9. The monoisotopic (exact) mass is 1350 g/mol. The maximum absolute atomic E-state index is 14.8. The lowest BCUT2D eigenvalue weighted by atomic mass is 10.0. The molecular weight excluding hydrogens is 1260 g/mol. The Labute approximate surface area is 541 Å². The number of likely N-dealkylation sites (tertiary alicyclic amines) is 1. The lowest BCUT2D eigenvalue weighted by Gasteiger charge is -2.31. The van der Waals surface area contributed by atoms with Gasteiger partial charge in [0.15, 0.2) is 0 Å². The first-order valence-electron chi connectivity index (χ1n) is 28.9. The molecule has 2 aliphatic heterocycles. The highest BCUT2D eigenvalue weighted by molar-refractivity contribution is 8.76. The van der Waals surface area contributed by atoms with E-state index in [0.29, 0.717) is 24.0 Å². The van der Waals surface area contributed by atoms with E-state index >= 15 is 0 Å². The van der Waals surface area contributed by atoms with Crippen molar-refractivity contribution in [3.63, 3.8) is 0 Å². The predicted octanol–water partition coefficient (Wildman–Crippen LogP) is -6.80. The molecule has 8 atom stereocenters. The Kier molecular flexibility index (Phi) is 36.3. The van der Waals surface area contributed by atoms with Crippen molar-refractivity contribution in [2.45, 2.75) is 126 Å². The molecule has 35 nitrogen and oxygen atoms in total. The SMILES string of the molecule is CC(=O)O.CC(=O)O.NCCCC[C@H](NC(=O)[C@@H]1CCCN1C(=O)[C@@H]1CSSC[C@H](NC(=O)CNC(=O)CNC(=O)CN)C(=O)N[C@@H](Cc2ccc(O)cc2)C(=O)N[C@@H](Cc2ccccc2)C(=O)N[C@@H](CCC(N)=O)C(=O)N[C@@H](CC(N)=O)C(=O)N1)C(=O)NCC(N)=O. The molecule has 0 saturated carbocycles. The molecule has 4 rings (SSSR count). The number of carbonyl (C=O) groups excluding carboxylic acids is 14. The van der Waals surface area contributed by atoms with Gasteiger partial charge in [-0.2, -0.15) is 0 Å². The number of unbranched alkanes of at least 4 members (excludes halogenated alkanes) is 1. The standard InChI is InChI=1S/C52H74N16O15S2.2C2H4O2/c53-17-5-4-9-31(45(76)60-23-41(57)72)63-51(82)38-10-6-18-68(38)52(83)37-27-85-84-26-36(61-44(75)25-59-43(74)24-58-42(73)22-54)50(81)65-34(20-29-11-13-30(69)14-12-29)48(79)64-33(19-28-7-2-1-3-8-28)47(78)62-32(15-16-39(55)70)46(77)66-35(21-40(56)71)49(80)67-37;2*1-2(3)4/h1-3,7-8,11-14,31-38,69H,4-6,9-10,15-27,53-54H2,(H2,55,70)(H2,56,71)(H2,57,72)(H,58,73)(H,59,74)(H,60,76)(H,61,75)(H,62,78)(H,63,82)(H,64,79)(H,65,81)(H,66,77)(H,67,80);2*1H3,(H,3,4)/t31-,32-,33-,34-,35-,36-,37-,38-;;/m0../s1. The highest BCUT2D eigenvalue weighted by atomic mass is 33.1. The Morgan fingerprint density at radius 2 is 1.14 bits per heavy atom. The molecule has 512 valence electrons. The summed E-state index contributed by atoms with van der Waals surface area (Å²) in [7, 11) is 1.73. The van der Waals surface area contributed by atoms with Gasteiger partial charge in [-0.25, -0.2) is 0 Å². The molecule has 37 heteroatoms. The number of aromatic hydroxyl groups is 1. The molecule has 2 fully saturated rings. The van der Waals surface area contributed by atoms with Crippen LogP contribution in [0.3, 0.4) is 0 Å². The topological polar surface area (TPSA) is 587 Å². The number of benzene rings is 2. The van der Waals surface area contributed by atoms with Gasteiger partial charge in [0, 0.05) is 51.2 Å². The number of carbonyl (C=O) groups is 16. The van der Waals surface area contributed by atoms with E-state index in [-0.39, 0.29) is 56.7 Å². The molecule has 2 aliphatic rings. The molecule has 93 heavy (non-hydrogen) atoms. The number of hydrogen-bond acceptors (Lipinski definition) is 21. The summed E-state index contributed by atoms with van der Waals surface area (Å²) in [5.41, 5.74) is 28.1. The normalized spacial score (nSPS) is 19.9. The number of rotatable bonds is 25. The summed E-state index contributed by atoms with van der Waals surface area (Å²) in [6.07, 6.45) is -1.13. The summed E-state index contributed by atoms with van der Waals surface area (Å²) in [6, 6.07) is 1.48. The van der Waals surface area contributed by atoms with Crippen LogP contribution in [0, 0.1) is 0 Å². The number of aliphatic carboxylic acids is 2. The molecule has 2 heterocycles. The third kappa shape index (κ3) is 32.3. The lowest BCUT2D eigenvalue weighted by molar-refractivity contribution is -0.142. The largest absolute Gasteiger partial charge is 0.508 e. The highest BCUT2D eigenvalue weighted by Crippen LogP contribution is 2.26. The van der Waals surface area contributed by atoms with Crippen molar-refractivity contribution >= 4 is 116 Å². The molecule has 23 N–H and O–H groups in total. The van der Waals surface area contributed by atoms with Crippen LogP contribution in [0.4, 0.5) is 0 Å². The number of nitrogens with one attached hydrogen (secondary N) is 10. The number of primary amides is 3. The second-order valence-corrected chi connectivity index (χ2v) is 23.3. The zero-order valence-electron chi connectivity index (χ0n) is 51.1. The average Bonchev–Trinajstić information content (AvgIpc) is 1.82. The molecule has 0 aromatic heterocycles.